The average Bonchev–Trinajstić information content (AvgIpc) is 2.95. The van der Waals surface area contributed by atoms with Crippen LogP contribution < -0.4 is 9.47 Å². The molecule has 0 saturated carbocycles. The Hall–Kier alpha value is -3.20. The van der Waals surface area contributed by atoms with Gasteiger partial charge in [0.1, 0.15) is 42.2 Å². The number of carbonyl (C=O) groups excluding carboxylic acids is 2. The van der Waals surface area contributed by atoms with Crippen LogP contribution in [0.3, 0.4) is 0 Å². The average molecular weight is 552 g/mol. The van der Waals surface area contributed by atoms with Crippen LogP contribution in [0, 0.1) is 0 Å². The second kappa shape index (κ2) is 15.6. The Morgan fingerprint density at radius 3 is 2.62 bits per heavy atom. The second-order valence-corrected chi connectivity index (χ2v) is 10.5. The Labute approximate surface area is 236 Å². The first-order valence-electron chi connectivity index (χ1n) is 14.3. The SMILES string of the molecule is CC1CCCC(=O)CCCC=Cc2cc(OCc3ccccc3)cc(OCC(O)CN3CCOCC3)c2C(=O)O1. The summed E-state index contributed by atoms with van der Waals surface area (Å²) in [5.74, 6) is 0.600. The minimum atomic E-state index is -0.746. The summed E-state index contributed by atoms with van der Waals surface area (Å²) in [6.45, 7) is 5.47. The predicted molar refractivity (Wildman–Crippen MR) is 153 cm³/mol. The van der Waals surface area contributed by atoms with Gasteiger partial charge in [-0.25, -0.2) is 4.79 Å². The minimum absolute atomic E-state index is 0.0145. The standard InChI is InChI=1S/C32H41NO7/c1-24-9-8-14-27(34)13-7-3-6-12-26-19-29(38-22-25-10-4-2-5-11-25)20-30(31(26)32(36)40-24)39-23-28(35)21-33-15-17-37-18-16-33/h2,4-6,10-12,19-20,24,28,35H,3,7-9,13-18,21-23H2,1H3. The third-order valence-corrected chi connectivity index (χ3v) is 7.06. The van der Waals surface area contributed by atoms with Crippen molar-refractivity contribution in [2.24, 2.45) is 0 Å². The van der Waals surface area contributed by atoms with Crippen LogP contribution in [-0.4, -0.2) is 73.4 Å². The quantitative estimate of drug-likeness (QED) is 0.467. The van der Waals surface area contributed by atoms with Crippen LogP contribution in [0.1, 0.15) is 66.9 Å². The number of rotatable bonds is 8. The van der Waals surface area contributed by atoms with Gasteiger partial charge in [0.2, 0.25) is 0 Å². The lowest BCUT2D eigenvalue weighted by atomic mass is 10.0. The number of aliphatic hydroxyl groups excluding tert-OH is 1. The zero-order valence-electron chi connectivity index (χ0n) is 23.4. The number of β-amino-alcohol motifs (C(OH)–C–C–N with tert-alkyl or cyclic N) is 1. The lowest BCUT2D eigenvalue weighted by Crippen LogP contribution is -2.42. The molecule has 2 aromatic carbocycles. The lowest BCUT2D eigenvalue weighted by molar-refractivity contribution is -0.119. The van der Waals surface area contributed by atoms with Gasteiger partial charge in [-0.1, -0.05) is 42.5 Å². The molecule has 40 heavy (non-hydrogen) atoms. The number of nitrogens with zero attached hydrogens (tertiary/aromatic N) is 1. The first-order valence-corrected chi connectivity index (χ1v) is 14.3. The van der Waals surface area contributed by atoms with Crippen LogP contribution in [0.15, 0.2) is 48.5 Å². The molecule has 1 N–H and O–H groups in total. The van der Waals surface area contributed by atoms with E-state index in [-0.39, 0.29) is 18.5 Å². The number of aliphatic hydroxyl groups is 1. The Bertz CT molecular complexity index is 1130. The molecule has 216 valence electrons. The van der Waals surface area contributed by atoms with E-state index < -0.39 is 12.1 Å². The van der Waals surface area contributed by atoms with Gasteiger partial charge in [0.25, 0.3) is 0 Å². The fourth-order valence-corrected chi connectivity index (χ4v) is 4.86. The Balaban J connectivity index is 1.60. The number of esters is 1. The van der Waals surface area contributed by atoms with Crippen LogP contribution in [-0.2, 0) is 20.9 Å². The van der Waals surface area contributed by atoms with Gasteiger partial charge in [-0.2, -0.15) is 0 Å². The van der Waals surface area contributed by atoms with Gasteiger partial charge < -0.3 is 24.1 Å². The highest BCUT2D eigenvalue weighted by Gasteiger charge is 2.24. The first kappa shape index (κ1) is 29.8. The number of hydrogen-bond donors (Lipinski definition) is 1. The number of Topliss-reactive ketones (excluding diaryl/α,β-unsaturated/α-hetero) is 1. The van der Waals surface area contributed by atoms with E-state index in [0.29, 0.717) is 81.1 Å². The Morgan fingerprint density at radius 2 is 1.82 bits per heavy atom. The van der Waals surface area contributed by atoms with Gasteiger partial charge >= 0.3 is 5.97 Å². The molecule has 1 saturated heterocycles. The number of fused-ring (bicyclic) bond motifs is 1. The van der Waals surface area contributed by atoms with Crippen molar-refractivity contribution in [2.45, 2.75) is 64.3 Å². The molecule has 2 aliphatic heterocycles. The number of allylic oxidation sites excluding steroid dienone is 1. The molecular weight excluding hydrogens is 510 g/mol. The number of carbonyl (C=O) groups is 2. The number of morpholine rings is 1. The summed E-state index contributed by atoms with van der Waals surface area (Å²) >= 11 is 0. The van der Waals surface area contributed by atoms with Crippen molar-refractivity contribution < 1.29 is 33.6 Å². The number of ketones is 1. The summed E-state index contributed by atoms with van der Waals surface area (Å²) in [5, 5.41) is 10.7. The van der Waals surface area contributed by atoms with Crippen LogP contribution in [0.4, 0.5) is 0 Å². The molecule has 2 atom stereocenters. The molecule has 2 aromatic rings. The first-order chi connectivity index (χ1) is 19.5. The van der Waals surface area contributed by atoms with Crippen molar-refractivity contribution in [3.63, 3.8) is 0 Å². The highest BCUT2D eigenvalue weighted by atomic mass is 16.5. The number of cyclic esters (lactones) is 1. The van der Waals surface area contributed by atoms with Crippen molar-refractivity contribution >= 4 is 17.8 Å². The number of hydrogen-bond acceptors (Lipinski definition) is 8. The Kier molecular flexibility index (Phi) is 11.6. The fourth-order valence-electron chi connectivity index (χ4n) is 4.86. The molecule has 2 aliphatic rings. The molecule has 0 radical (unpaired) electrons. The van der Waals surface area contributed by atoms with Crippen molar-refractivity contribution in [1.82, 2.24) is 4.90 Å². The van der Waals surface area contributed by atoms with Crippen molar-refractivity contribution in [3.05, 3.63) is 65.2 Å². The van der Waals surface area contributed by atoms with E-state index in [0.717, 1.165) is 25.1 Å². The maximum absolute atomic E-state index is 13.5. The molecule has 0 spiro atoms. The highest BCUT2D eigenvalue weighted by Crippen LogP contribution is 2.32. The number of ether oxygens (including phenoxy) is 4. The lowest BCUT2D eigenvalue weighted by Gasteiger charge is -2.28. The maximum atomic E-state index is 13.5. The van der Waals surface area contributed by atoms with E-state index >= 15 is 0 Å². The summed E-state index contributed by atoms with van der Waals surface area (Å²) in [6, 6.07) is 13.3. The third kappa shape index (κ3) is 9.47. The molecule has 1 fully saturated rings. The van der Waals surface area contributed by atoms with Gasteiger partial charge in [-0.15, -0.1) is 0 Å². The van der Waals surface area contributed by atoms with Crippen LogP contribution >= 0.6 is 0 Å². The molecule has 0 bridgehead atoms. The molecule has 2 unspecified atom stereocenters. The van der Waals surface area contributed by atoms with Crippen LogP contribution in [0.5, 0.6) is 11.5 Å². The van der Waals surface area contributed by atoms with E-state index in [4.69, 9.17) is 18.9 Å². The molecule has 8 heteroatoms. The van der Waals surface area contributed by atoms with E-state index in [9.17, 15) is 14.7 Å². The molecule has 0 amide bonds. The van der Waals surface area contributed by atoms with Crippen LogP contribution in [0.2, 0.25) is 0 Å². The Morgan fingerprint density at radius 1 is 1.05 bits per heavy atom. The largest absolute Gasteiger partial charge is 0.490 e. The monoisotopic (exact) mass is 551 g/mol. The fraction of sp³-hybridized carbons (Fsp3) is 0.500. The normalized spacial score (nSPS) is 20.2. The number of benzene rings is 2. The summed E-state index contributed by atoms with van der Waals surface area (Å²) in [4.78, 5) is 27.8. The van der Waals surface area contributed by atoms with E-state index in [1.807, 2.05) is 55.5 Å². The molecule has 2 heterocycles. The maximum Gasteiger partial charge on any atom is 0.342 e. The van der Waals surface area contributed by atoms with Gasteiger partial charge in [-0.3, -0.25) is 9.69 Å². The highest BCUT2D eigenvalue weighted by molar-refractivity contribution is 5.97. The smallest absolute Gasteiger partial charge is 0.342 e. The summed E-state index contributed by atoms with van der Waals surface area (Å²) in [7, 11) is 0. The molecule has 0 aliphatic carbocycles. The molecule has 8 nitrogen and oxygen atoms in total. The van der Waals surface area contributed by atoms with Gasteiger partial charge in [0.05, 0.1) is 19.3 Å². The minimum Gasteiger partial charge on any atom is -0.490 e. The van der Waals surface area contributed by atoms with E-state index in [2.05, 4.69) is 4.90 Å². The summed E-state index contributed by atoms with van der Waals surface area (Å²) < 4.78 is 23.4. The van der Waals surface area contributed by atoms with Gasteiger partial charge in [0.15, 0.2) is 0 Å². The zero-order valence-corrected chi connectivity index (χ0v) is 23.4. The van der Waals surface area contributed by atoms with Crippen LogP contribution in [0.25, 0.3) is 6.08 Å². The third-order valence-electron chi connectivity index (χ3n) is 7.06. The zero-order chi connectivity index (χ0) is 28.2. The predicted octanol–water partition coefficient (Wildman–Crippen LogP) is 4.82. The molecular formula is C32H41NO7. The molecule has 4 rings (SSSR count). The van der Waals surface area contributed by atoms with Crippen molar-refractivity contribution in [2.75, 3.05) is 39.5 Å². The topological polar surface area (TPSA) is 94.5 Å². The summed E-state index contributed by atoms with van der Waals surface area (Å²) in [5.41, 5.74) is 1.94. The van der Waals surface area contributed by atoms with E-state index in [1.54, 1.807) is 6.07 Å². The van der Waals surface area contributed by atoms with Crippen molar-refractivity contribution in [1.29, 1.82) is 0 Å². The van der Waals surface area contributed by atoms with E-state index in [1.165, 1.54) is 0 Å². The van der Waals surface area contributed by atoms with Crippen molar-refractivity contribution in [3.8, 4) is 11.5 Å². The van der Waals surface area contributed by atoms with Gasteiger partial charge in [-0.05, 0) is 49.8 Å². The second-order valence-electron chi connectivity index (χ2n) is 10.5. The van der Waals surface area contributed by atoms with Gasteiger partial charge in [0, 0.05) is 38.5 Å². The molecule has 0 aromatic heterocycles. The summed E-state index contributed by atoms with van der Waals surface area (Å²) in [6.07, 6.45) is 6.52.